The normalized spacial score (nSPS) is 9.50. The third-order valence-electron chi connectivity index (χ3n) is 1.17. The Morgan fingerprint density at radius 1 is 1.42 bits per heavy atom. The average Bonchev–Trinajstić information content (AvgIpc) is 2.03. The zero-order chi connectivity index (χ0) is 8.97. The molecule has 64 valence electrons. The molecule has 0 saturated carbocycles. The van der Waals surface area contributed by atoms with Gasteiger partial charge < -0.3 is 4.74 Å². The molecule has 0 aliphatic carbocycles. The minimum atomic E-state index is -0.584. The fourth-order valence-electron chi connectivity index (χ4n) is 0.671. The Hall–Kier alpha value is -1.09. The molecule has 0 aromatic heterocycles. The van der Waals surface area contributed by atoms with Crippen molar-refractivity contribution in [1.82, 2.24) is 0 Å². The van der Waals surface area contributed by atoms with Crippen molar-refractivity contribution >= 4 is 16.8 Å². The van der Waals surface area contributed by atoms with Crippen LogP contribution in [0.25, 0.3) is 0 Å². The largest absolute Gasteiger partial charge is 0.484 e. The van der Waals surface area contributed by atoms with Crippen LogP contribution >= 0.6 is 11.6 Å². The number of benzene rings is 1. The predicted octanol–water partition coefficient (Wildman–Crippen LogP) is 1.97. The van der Waals surface area contributed by atoms with Crippen LogP contribution in [0.3, 0.4) is 0 Å². The second-order valence-corrected chi connectivity index (χ2v) is 2.52. The van der Waals surface area contributed by atoms with Crippen LogP contribution in [-0.2, 0) is 4.79 Å². The first-order chi connectivity index (χ1) is 5.68. The second-order valence-electron chi connectivity index (χ2n) is 2.10. The summed E-state index contributed by atoms with van der Waals surface area (Å²) in [5.41, 5.74) is 0. The van der Waals surface area contributed by atoms with Crippen molar-refractivity contribution in [2.45, 2.75) is 0 Å². The summed E-state index contributed by atoms with van der Waals surface area (Å²) in [6.07, 6.45) is 0. The first-order valence-corrected chi connectivity index (χ1v) is 3.63. The van der Waals surface area contributed by atoms with Gasteiger partial charge in [-0.15, -0.1) is 0 Å². The van der Waals surface area contributed by atoms with Crippen LogP contribution < -0.4 is 4.74 Å². The van der Waals surface area contributed by atoms with Crippen molar-refractivity contribution in [3.05, 3.63) is 30.1 Å². The van der Waals surface area contributed by atoms with Gasteiger partial charge >= 0.3 is 0 Å². The minimum Gasteiger partial charge on any atom is -0.484 e. The van der Waals surface area contributed by atoms with Crippen LogP contribution in [0, 0.1) is 5.82 Å². The highest BCUT2D eigenvalue weighted by molar-refractivity contribution is 6.63. The third-order valence-corrected chi connectivity index (χ3v) is 1.28. The highest BCUT2D eigenvalue weighted by atomic mass is 35.5. The molecule has 2 nitrogen and oxygen atoms in total. The maximum Gasteiger partial charge on any atom is 0.259 e. The number of hydrogen-bond acceptors (Lipinski definition) is 2. The van der Waals surface area contributed by atoms with E-state index in [2.05, 4.69) is 0 Å². The quantitative estimate of drug-likeness (QED) is 0.678. The van der Waals surface area contributed by atoms with Gasteiger partial charge in [0.2, 0.25) is 0 Å². The summed E-state index contributed by atoms with van der Waals surface area (Å²) < 4.78 is 17.2. The van der Waals surface area contributed by atoms with E-state index in [4.69, 9.17) is 16.3 Å². The van der Waals surface area contributed by atoms with Gasteiger partial charge in [-0.05, 0) is 35.9 Å². The minimum absolute atomic E-state index is 0.201. The lowest BCUT2D eigenvalue weighted by Gasteiger charge is -2.01. The molecule has 0 heterocycles. The fraction of sp³-hybridized carbons (Fsp3) is 0.125. The number of ether oxygens (including phenoxy) is 1. The van der Waals surface area contributed by atoms with Gasteiger partial charge in [-0.2, -0.15) is 0 Å². The molecule has 4 heteroatoms. The number of carbonyl (C=O) groups is 1. The molecule has 0 amide bonds. The Morgan fingerprint density at radius 2 is 2.00 bits per heavy atom. The number of hydrogen-bond donors (Lipinski definition) is 0. The number of halogens is 2. The van der Waals surface area contributed by atoms with Crippen molar-refractivity contribution in [1.29, 1.82) is 0 Å². The highest BCUT2D eigenvalue weighted by Crippen LogP contribution is 2.10. The molecule has 0 unspecified atom stereocenters. The molecular weight excluding hydrogens is 183 g/mol. The molecule has 0 radical (unpaired) electrons. The maximum absolute atomic E-state index is 12.3. The summed E-state index contributed by atoms with van der Waals surface area (Å²) in [5, 5.41) is -0.584. The van der Waals surface area contributed by atoms with Crippen LogP contribution in [-0.4, -0.2) is 11.8 Å². The second kappa shape index (κ2) is 4.07. The van der Waals surface area contributed by atoms with E-state index < -0.39 is 5.24 Å². The van der Waals surface area contributed by atoms with Gasteiger partial charge in [0.05, 0.1) is 0 Å². The average molecular weight is 189 g/mol. The molecule has 0 spiro atoms. The molecular formula is C8H6ClFO2. The zero-order valence-electron chi connectivity index (χ0n) is 6.09. The number of rotatable bonds is 3. The fourth-order valence-corrected chi connectivity index (χ4v) is 0.725. The molecule has 12 heavy (non-hydrogen) atoms. The van der Waals surface area contributed by atoms with Gasteiger partial charge in [-0.3, -0.25) is 4.79 Å². The standard InChI is InChI=1S/C8H6ClFO2/c9-8(11)5-12-7-3-1-6(10)2-4-7/h1-4H,5H2. The van der Waals surface area contributed by atoms with Crippen LogP contribution in [0.5, 0.6) is 5.75 Å². The molecule has 0 N–H and O–H groups in total. The van der Waals surface area contributed by atoms with Gasteiger partial charge in [-0.1, -0.05) is 0 Å². The topological polar surface area (TPSA) is 26.3 Å². The Morgan fingerprint density at radius 3 is 2.50 bits per heavy atom. The van der Waals surface area contributed by atoms with E-state index in [0.29, 0.717) is 5.75 Å². The zero-order valence-corrected chi connectivity index (χ0v) is 6.84. The highest BCUT2D eigenvalue weighted by Gasteiger charge is 1.97. The lowest BCUT2D eigenvalue weighted by molar-refractivity contribution is -0.113. The molecule has 0 atom stereocenters. The van der Waals surface area contributed by atoms with E-state index in [1.807, 2.05) is 0 Å². The Bertz CT molecular complexity index is 271. The Kier molecular flexibility index (Phi) is 3.05. The summed E-state index contributed by atoms with van der Waals surface area (Å²) in [4.78, 5) is 10.3. The molecule has 0 fully saturated rings. The van der Waals surface area contributed by atoms with Crippen LogP contribution in [0.1, 0.15) is 0 Å². The molecule has 0 aliphatic rings. The summed E-state index contributed by atoms with van der Waals surface area (Å²) >= 11 is 5.02. The SMILES string of the molecule is O=C(Cl)COc1ccc(F)cc1. The lowest BCUT2D eigenvalue weighted by Crippen LogP contribution is -2.03. The molecule has 0 aliphatic heterocycles. The van der Waals surface area contributed by atoms with E-state index in [1.54, 1.807) is 0 Å². The van der Waals surface area contributed by atoms with Crippen molar-refractivity contribution in [2.75, 3.05) is 6.61 Å². The Balaban J connectivity index is 2.53. The van der Waals surface area contributed by atoms with E-state index in [9.17, 15) is 9.18 Å². The third kappa shape index (κ3) is 2.88. The van der Waals surface area contributed by atoms with Crippen molar-refractivity contribution < 1.29 is 13.9 Å². The summed E-state index contributed by atoms with van der Waals surface area (Å²) in [6, 6.07) is 5.34. The molecule has 1 rings (SSSR count). The number of carbonyl (C=O) groups excluding carboxylic acids is 1. The van der Waals surface area contributed by atoms with Crippen molar-refractivity contribution in [3.63, 3.8) is 0 Å². The maximum atomic E-state index is 12.3. The van der Waals surface area contributed by atoms with Gasteiger partial charge in [0.15, 0.2) is 6.61 Å². The summed E-state index contributed by atoms with van der Waals surface area (Å²) in [5.74, 6) is 0.0740. The van der Waals surface area contributed by atoms with Crippen molar-refractivity contribution in [3.8, 4) is 5.75 Å². The van der Waals surface area contributed by atoms with Gasteiger partial charge in [0, 0.05) is 0 Å². The van der Waals surface area contributed by atoms with E-state index >= 15 is 0 Å². The molecule has 1 aromatic rings. The van der Waals surface area contributed by atoms with E-state index in [-0.39, 0.29) is 12.4 Å². The first kappa shape index (κ1) is 9.00. The molecule has 0 saturated heterocycles. The summed E-state index contributed by atoms with van der Waals surface area (Å²) in [6.45, 7) is -0.201. The van der Waals surface area contributed by atoms with Crippen LogP contribution in [0.4, 0.5) is 4.39 Å². The van der Waals surface area contributed by atoms with Crippen LogP contribution in [0.15, 0.2) is 24.3 Å². The smallest absolute Gasteiger partial charge is 0.259 e. The lowest BCUT2D eigenvalue weighted by atomic mass is 10.3. The summed E-state index contributed by atoms with van der Waals surface area (Å²) in [7, 11) is 0. The van der Waals surface area contributed by atoms with Crippen LogP contribution in [0.2, 0.25) is 0 Å². The first-order valence-electron chi connectivity index (χ1n) is 3.25. The Labute approximate surface area is 73.9 Å². The monoisotopic (exact) mass is 188 g/mol. The van der Waals surface area contributed by atoms with Gasteiger partial charge in [0.1, 0.15) is 11.6 Å². The van der Waals surface area contributed by atoms with Gasteiger partial charge in [0.25, 0.3) is 5.24 Å². The van der Waals surface area contributed by atoms with Crippen molar-refractivity contribution in [2.24, 2.45) is 0 Å². The van der Waals surface area contributed by atoms with Gasteiger partial charge in [-0.25, -0.2) is 4.39 Å². The van der Waals surface area contributed by atoms with E-state index in [1.165, 1.54) is 24.3 Å². The molecule has 0 bridgehead atoms. The predicted molar refractivity (Wildman–Crippen MR) is 42.8 cm³/mol. The van der Waals surface area contributed by atoms with E-state index in [0.717, 1.165) is 0 Å². The molecule has 1 aromatic carbocycles.